The van der Waals surface area contributed by atoms with Gasteiger partial charge in [0.1, 0.15) is 5.75 Å². The molecule has 2 aromatic rings. The summed E-state index contributed by atoms with van der Waals surface area (Å²) >= 11 is 0. The number of amides is 2. The van der Waals surface area contributed by atoms with Gasteiger partial charge in [-0.3, -0.25) is 9.59 Å². The van der Waals surface area contributed by atoms with Crippen LogP contribution in [0.5, 0.6) is 17.2 Å². The van der Waals surface area contributed by atoms with Gasteiger partial charge < -0.3 is 24.4 Å². The van der Waals surface area contributed by atoms with Crippen LogP contribution in [-0.2, 0) is 4.79 Å². The molecule has 0 saturated heterocycles. The molecule has 0 unspecified atom stereocenters. The highest BCUT2D eigenvalue weighted by molar-refractivity contribution is 6.05. The number of hydrogen-bond acceptors (Lipinski definition) is 5. The maximum absolute atomic E-state index is 12.5. The van der Waals surface area contributed by atoms with Crippen molar-refractivity contribution in [1.82, 2.24) is 0 Å². The van der Waals surface area contributed by atoms with Crippen LogP contribution in [0.4, 0.5) is 11.4 Å². The molecule has 0 atom stereocenters. The highest BCUT2D eigenvalue weighted by atomic mass is 16.7. The van der Waals surface area contributed by atoms with Gasteiger partial charge in [0.2, 0.25) is 12.7 Å². The molecule has 0 radical (unpaired) electrons. The van der Waals surface area contributed by atoms with Crippen LogP contribution in [0.15, 0.2) is 36.4 Å². The fourth-order valence-corrected chi connectivity index (χ4v) is 2.77. The third-order valence-electron chi connectivity index (χ3n) is 4.16. The van der Waals surface area contributed by atoms with Crippen molar-refractivity contribution in [3.63, 3.8) is 0 Å². The number of hydrogen-bond donors (Lipinski definition) is 1. The van der Waals surface area contributed by atoms with Gasteiger partial charge in [-0.1, -0.05) is 0 Å². The summed E-state index contributed by atoms with van der Waals surface area (Å²) in [5.74, 6) is 1.49. The number of rotatable bonds is 2. The SMILES string of the molecule is CN1C(=O)CCOc2ccc(NC(=O)c3ccc4c(c3)OCO4)cc21. The molecule has 2 heterocycles. The second-order valence-corrected chi connectivity index (χ2v) is 5.76. The highest BCUT2D eigenvalue weighted by Crippen LogP contribution is 2.34. The fraction of sp³-hybridized carbons (Fsp3) is 0.222. The lowest BCUT2D eigenvalue weighted by molar-refractivity contribution is -0.118. The van der Waals surface area contributed by atoms with Crippen molar-refractivity contribution in [2.24, 2.45) is 0 Å². The molecule has 128 valence electrons. The Kier molecular flexibility index (Phi) is 3.68. The molecule has 2 aliphatic rings. The first-order valence-corrected chi connectivity index (χ1v) is 7.86. The molecule has 7 nitrogen and oxygen atoms in total. The summed E-state index contributed by atoms with van der Waals surface area (Å²) in [5, 5.41) is 2.83. The Hall–Kier alpha value is -3.22. The van der Waals surface area contributed by atoms with E-state index in [0.29, 0.717) is 47.2 Å². The Morgan fingerprint density at radius 3 is 2.72 bits per heavy atom. The summed E-state index contributed by atoms with van der Waals surface area (Å²) in [6, 6.07) is 10.2. The van der Waals surface area contributed by atoms with Gasteiger partial charge in [-0.2, -0.15) is 0 Å². The van der Waals surface area contributed by atoms with E-state index >= 15 is 0 Å². The maximum Gasteiger partial charge on any atom is 0.255 e. The van der Waals surface area contributed by atoms with Gasteiger partial charge in [-0.15, -0.1) is 0 Å². The van der Waals surface area contributed by atoms with Crippen LogP contribution < -0.4 is 24.4 Å². The molecular weight excluding hydrogens is 324 g/mol. The van der Waals surface area contributed by atoms with E-state index in [-0.39, 0.29) is 18.6 Å². The number of anilines is 2. The lowest BCUT2D eigenvalue weighted by Gasteiger charge is -2.17. The monoisotopic (exact) mass is 340 g/mol. The Morgan fingerprint density at radius 1 is 1.04 bits per heavy atom. The van der Waals surface area contributed by atoms with Gasteiger partial charge in [0.05, 0.1) is 18.7 Å². The Labute approximate surface area is 144 Å². The summed E-state index contributed by atoms with van der Waals surface area (Å²) in [7, 11) is 1.69. The minimum absolute atomic E-state index is 0.0296. The molecule has 0 bridgehead atoms. The summed E-state index contributed by atoms with van der Waals surface area (Å²) in [5.41, 5.74) is 1.66. The van der Waals surface area contributed by atoms with E-state index in [2.05, 4.69) is 5.32 Å². The maximum atomic E-state index is 12.5. The minimum atomic E-state index is -0.276. The van der Waals surface area contributed by atoms with Gasteiger partial charge in [0, 0.05) is 18.3 Å². The number of benzene rings is 2. The zero-order valence-electron chi connectivity index (χ0n) is 13.6. The zero-order valence-corrected chi connectivity index (χ0v) is 13.6. The van der Waals surface area contributed by atoms with Crippen LogP contribution in [0.2, 0.25) is 0 Å². The van der Waals surface area contributed by atoms with Crippen molar-refractivity contribution in [1.29, 1.82) is 0 Å². The Balaban J connectivity index is 1.58. The van der Waals surface area contributed by atoms with Crippen molar-refractivity contribution in [3.8, 4) is 17.2 Å². The van der Waals surface area contributed by atoms with E-state index in [0.717, 1.165) is 0 Å². The zero-order chi connectivity index (χ0) is 17.4. The van der Waals surface area contributed by atoms with E-state index in [1.807, 2.05) is 0 Å². The average molecular weight is 340 g/mol. The molecule has 7 heteroatoms. The molecule has 2 amide bonds. The van der Waals surface area contributed by atoms with Crippen LogP contribution in [0.25, 0.3) is 0 Å². The molecule has 1 N–H and O–H groups in total. The molecule has 2 aromatic carbocycles. The van der Waals surface area contributed by atoms with Crippen molar-refractivity contribution in [2.75, 3.05) is 30.7 Å². The van der Waals surface area contributed by atoms with Crippen molar-refractivity contribution < 1.29 is 23.8 Å². The summed E-state index contributed by atoms with van der Waals surface area (Å²) in [6.45, 7) is 0.505. The first-order chi connectivity index (χ1) is 12.1. The number of nitrogens with one attached hydrogen (secondary N) is 1. The van der Waals surface area contributed by atoms with E-state index in [1.54, 1.807) is 48.3 Å². The number of carbonyl (C=O) groups excluding carboxylic acids is 2. The summed E-state index contributed by atoms with van der Waals surface area (Å²) in [4.78, 5) is 26.0. The van der Waals surface area contributed by atoms with E-state index < -0.39 is 0 Å². The molecule has 0 aliphatic carbocycles. The third-order valence-corrected chi connectivity index (χ3v) is 4.16. The topological polar surface area (TPSA) is 77.1 Å². The van der Waals surface area contributed by atoms with Gasteiger partial charge >= 0.3 is 0 Å². The molecule has 0 aromatic heterocycles. The molecular formula is C18H16N2O5. The Morgan fingerprint density at radius 2 is 1.84 bits per heavy atom. The lowest BCUT2D eigenvalue weighted by Crippen LogP contribution is -2.25. The summed E-state index contributed by atoms with van der Waals surface area (Å²) in [6.07, 6.45) is 0.323. The number of ether oxygens (including phenoxy) is 3. The quantitative estimate of drug-likeness (QED) is 0.908. The van der Waals surface area contributed by atoms with Crippen LogP contribution in [0.3, 0.4) is 0 Å². The predicted molar refractivity (Wildman–Crippen MR) is 90.5 cm³/mol. The Bertz CT molecular complexity index is 865. The normalized spacial score (nSPS) is 15.2. The van der Waals surface area contributed by atoms with Crippen molar-refractivity contribution in [3.05, 3.63) is 42.0 Å². The van der Waals surface area contributed by atoms with Crippen LogP contribution in [-0.4, -0.2) is 32.3 Å². The van der Waals surface area contributed by atoms with E-state index in [1.165, 1.54) is 0 Å². The third kappa shape index (κ3) is 2.84. The average Bonchev–Trinajstić information content (AvgIpc) is 3.04. The molecule has 4 rings (SSSR count). The standard InChI is InChI=1S/C18H16N2O5/c1-20-13-9-12(3-5-14(13)23-7-6-17(20)21)19-18(22)11-2-4-15-16(8-11)25-10-24-15/h2-5,8-9H,6-7,10H2,1H3,(H,19,22). The summed E-state index contributed by atoms with van der Waals surface area (Å²) < 4.78 is 16.1. The number of carbonyl (C=O) groups is 2. The predicted octanol–water partition coefficient (Wildman–Crippen LogP) is 2.41. The van der Waals surface area contributed by atoms with Crippen molar-refractivity contribution in [2.45, 2.75) is 6.42 Å². The van der Waals surface area contributed by atoms with E-state index in [9.17, 15) is 9.59 Å². The first kappa shape index (κ1) is 15.3. The minimum Gasteiger partial charge on any atom is -0.491 e. The molecule has 0 spiro atoms. The molecule has 2 aliphatic heterocycles. The van der Waals surface area contributed by atoms with Gasteiger partial charge in [-0.05, 0) is 36.4 Å². The van der Waals surface area contributed by atoms with Gasteiger partial charge in [0.25, 0.3) is 5.91 Å². The molecule has 0 saturated carbocycles. The van der Waals surface area contributed by atoms with Gasteiger partial charge in [0.15, 0.2) is 11.5 Å². The highest BCUT2D eigenvalue weighted by Gasteiger charge is 2.21. The van der Waals surface area contributed by atoms with Crippen LogP contribution >= 0.6 is 0 Å². The molecule has 25 heavy (non-hydrogen) atoms. The number of nitrogens with zero attached hydrogens (tertiary/aromatic N) is 1. The molecule has 0 fully saturated rings. The number of fused-ring (bicyclic) bond motifs is 2. The van der Waals surface area contributed by atoms with E-state index in [4.69, 9.17) is 14.2 Å². The van der Waals surface area contributed by atoms with Crippen LogP contribution in [0, 0.1) is 0 Å². The first-order valence-electron chi connectivity index (χ1n) is 7.86. The lowest BCUT2D eigenvalue weighted by atomic mass is 10.1. The largest absolute Gasteiger partial charge is 0.491 e. The van der Waals surface area contributed by atoms with Gasteiger partial charge in [-0.25, -0.2) is 0 Å². The second kappa shape index (κ2) is 6.01. The fourth-order valence-electron chi connectivity index (χ4n) is 2.77. The smallest absolute Gasteiger partial charge is 0.255 e. The van der Waals surface area contributed by atoms with Crippen molar-refractivity contribution >= 4 is 23.2 Å². The van der Waals surface area contributed by atoms with Crippen LogP contribution in [0.1, 0.15) is 16.8 Å². The second-order valence-electron chi connectivity index (χ2n) is 5.76.